The maximum Gasteiger partial charge on any atom is 0.251 e. The fourth-order valence-electron chi connectivity index (χ4n) is 2.68. The van der Waals surface area contributed by atoms with E-state index in [1.807, 2.05) is 35.9 Å². The first-order chi connectivity index (χ1) is 9.28. The minimum atomic E-state index is 0.0670. The summed E-state index contributed by atoms with van der Waals surface area (Å²) in [7, 11) is 1.85. The third-order valence-corrected chi connectivity index (χ3v) is 3.63. The van der Waals surface area contributed by atoms with Gasteiger partial charge in [-0.25, -0.2) is 4.98 Å². The first-order valence-electron chi connectivity index (χ1n) is 6.63. The predicted molar refractivity (Wildman–Crippen MR) is 75.6 cm³/mol. The third kappa shape index (κ3) is 2.26. The Labute approximate surface area is 112 Å². The monoisotopic (exact) mass is 255 g/mol. The van der Waals surface area contributed by atoms with Crippen LogP contribution in [0, 0.1) is 0 Å². The van der Waals surface area contributed by atoms with E-state index in [4.69, 9.17) is 0 Å². The molecule has 1 N–H and O–H groups in total. The molecule has 0 amide bonds. The van der Waals surface area contributed by atoms with E-state index < -0.39 is 0 Å². The van der Waals surface area contributed by atoms with Crippen molar-refractivity contribution in [2.75, 3.05) is 12.4 Å². The lowest BCUT2D eigenvalue weighted by atomic mass is 10.2. The zero-order chi connectivity index (χ0) is 13.2. The number of anilines is 1. The first-order valence-corrected chi connectivity index (χ1v) is 6.63. The van der Waals surface area contributed by atoms with Crippen molar-refractivity contribution >= 4 is 5.82 Å². The summed E-state index contributed by atoms with van der Waals surface area (Å²) in [6.07, 6.45) is 3.22. The van der Waals surface area contributed by atoms with Crippen LogP contribution in [0.4, 0.5) is 5.82 Å². The summed E-state index contributed by atoms with van der Waals surface area (Å²) in [6, 6.07) is 9.48. The van der Waals surface area contributed by atoms with Gasteiger partial charge in [-0.3, -0.25) is 4.79 Å². The summed E-state index contributed by atoms with van der Waals surface area (Å²) in [5, 5.41) is 3.02. The molecule has 1 aliphatic carbocycles. The van der Waals surface area contributed by atoms with Gasteiger partial charge in [-0.1, -0.05) is 12.1 Å². The number of hydrogen-bond donors (Lipinski definition) is 1. The molecule has 4 heteroatoms. The SMILES string of the molecule is CNc1cccc(Cn2c3c(ccc2=O)CCC3)n1. The molecule has 0 unspecified atom stereocenters. The average Bonchev–Trinajstić information content (AvgIpc) is 2.91. The van der Waals surface area contributed by atoms with Crippen molar-refractivity contribution in [1.29, 1.82) is 0 Å². The Morgan fingerprint density at radius 3 is 3.00 bits per heavy atom. The van der Waals surface area contributed by atoms with Gasteiger partial charge in [0.05, 0.1) is 12.2 Å². The van der Waals surface area contributed by atoms with E-state index in [0.717, 1.165) is 30.8 Å². The molecule has 1 aliphatic rings. The molecule has 0 aromatic carbocycles. The fraction of sp³-hybridized carbons (Fsp3) is 0.333. The molecule has 19 heavy (non-hydrogen) atoms. The molecule has 0 saturated heterocycles. The Hall–Kier alpha value is -2.10. The maximum absolute atomic E-state index is 12.1. The lowest BCUT2D eigenvalue weighted by Crippen LogP contribution is -2.23. The average molecular weight is 255 g/mol. The molecular formula is C15H17N3O. The van der Waals surface area contributed by atoms with Crippen molar-refractivity contribution in [2.24, 2.45) is 0 Å². The van der Waals surface area contributed by atoms with Gasteiger partial charge >= 0.3 is 0 Å². The second-order valence-corrected chi connectivity index (χ2v) is 4.85. The second-order valence-electron chi connectivity index (χ2n) is 4.85. The number of fused-ring (bicyclic) bond motifs is 1. The summed E-state index contributed by atoms with van der Waals surface area (Å²) in [6.45, 7) is 0.553. The molecule has 2 heterocycles. The van der Waals surface area contributed by atoms with Crippen LogP contribution >= 0.6 is 0 Å². The van der Waals surface area contributed by atoms with Crippen molar-refractivity contribution in [3.8, 4) is 0 Å². The summed E-state index contributed by atoms with van der Waals surface area (Å²) in [5.74, 6) is 0.832. The molecule has 0 spiro atoms. The van der Waals surface area contributed by atoms with E-state index >= 15 is 0 Å². The van der Waals surface area contributed by atoms with Gasteiger partial charge < -0.3 is 9.88 Å². The Kier molecular flexibility index (Phi) is 3.07. The van der Waals surface area contributed by atoms with Crippen molar-refractivity contribution < 1.29 is 0 Å². The van der Waals surface area contributed by atoms with E-state index in [0.29, 0.717) is 6.54 Å². The van der Waals surface area contributed by atoms with Gasteiger partial charge in [-0.15, -0.1) is 0 Å². The molecule has 4 nitrogen and oxygen atoms in total. The highest BCUT2D eigenvalue weighted by molar-refractivity contribution is 5.34. The minimum Gasteiger partial charge on any atom is -0.373 e. The third-order valence-electron chi connectivity index (χ3n) is 3.63. The van der Waals surface area contributed by atoms with E-state index in [1.165, 1.54) is 11.3 Å². The van der Waals surface area contributed by atoms with Crippen LogP contribution in [0.25, 0.3) is 0 Å². The number of nitrogens with one attached hydrogen (secondary N) is 1. The van der Waals surface area contributed by atoms with Crippen LogP contribution in [-0.2, 0) is 19.4 Å². The lowest BCUT2D eigenvalue weighted by Gasteiger charge is -2.12. The molecule has 0 fully saturated rings. The van der Waals surface area contributed by atoms with Crippen molar-refractivity contribution in [3.05, 3.63) is 57.6 Å². The largest absolute Gasteiger partial charge is 0.373 e. The zero-order valence-corrected chi connectivity index (χ0v) is 11.0. The van der Waals surface area contributed by atoms with Gasteiger partial charge in [0.2, 0.25) is 0 Å². The molecule has 3 rings (SSSR count). The normalized spacial score (nSPS) is 13.3. The molecule has 0 bridgehead atoms. The Morgan fingerprint density at radius 1 is 1.26 bits per heavy atom. The highest BCUT2D eigenvalue weighted by Gasteiger charge is 2.16. The Bertz CT molecular complexity index is 661. The van der Waals surface area contributed by atoms with E-state index in [-0.39, 0.29) is 5.56 Å². The van der Waals surface area contributed by atoms with Gasteiger partial charge in [-0.2, -0.15) is 0 Å². The van der Waals surface area contributed by atoms with Crippen LogP contribution in [0.3, 0.4) is 0 Å². The molecule has 2 aromatic rings. The predicted octanol–water partition coefficient (Wildman–Crippen LogP) is 1.82. The Morgan fingerprint density at radius 2 is 2.16 bits per heavy atom. The van der Waals surface area contributed by atoms with Crippen LogP contribution in [-0.4, -0.2) is 16.6 Å². The van der Waals surface area contributed by atoms with Crippen LogP contribution < -0.4 is 10.9 Å². The van der Waals surface area contributed by atoms with Crippen molar-refractivity contribution in [3.63, 3.8) is 0 Å². The van der Waals surface area contributed by atoms with Crippen LogP contribution in [0.5, 0.6) is 0 Å². The lowest BCUT2D eigenvalue weighted by molar-refractivity contribution is 0.694. The maximum atomic E-state index is 12.1. The smallest absolute Gasteiger partial charge is 0.251 e. The number of nitrogens with zero attached hydrogens (tertiary/aromatic N) is 2. The molecule has 0 atom stereocenters. The van der Waals surface area contributed by atoms with E-state index in [1.54, 1.807) is 6.07 Å². The molecule has 0 saturated carbocycles. The number of rotatable bonds is 3. The minimum absolute atomic E-state index is 0.0670. The fourth-order valence-corrected chi connectivity index (χ4v) is 2.68. The van der Waals surface area contributed by atoms with Gasteiger partial charge in [0.1, 0.15) is 5.82 Å². The number of pyridine rings is 2. The summed E-state index contributed by atoms with van der Waals surface area (Å²) in [5.41, 5.74) is 3.47. The van der Waals surface area contributed by atoms with Crippen LogP contribution in [0.1, 0.15) is 23.4 Å². The quantitative estimate of drug-likeness (QED) is 0.910. The Balaban J connectivity index is 1.99. The topological polar surface area (TPSA) is 46.9 Å². The van der Waals surface area contributed by atoms with Gasteiger partial charge in [0, 0.05) is 18.8 Å². The highest BCUT2D eigenvalue weighted by Crippen LogP contribution is 2.20. The van der Waals surface area contributed by atoms with Gasteiger partial charge in [0.25, 0.3) is 5.56 Å². The molecule has 98 valence electrons. The molecular weight excluding hydrogens is 238 g/mol. The standard InChI is InChI=1S/C15H17N3O/c1-16-14-7-3-5-12(17-14)10-18-13-6-2-4-11(13)8-9-15(18)19/h3,5,7-9H,2,4,6,10H2,1H3,(H,16,17). The highest BCUT2D eigenvalue weighted by atomic mass is 16.1. The first kappa shape index (κ1) is 12.0. The molecule has 2 aromatic heterocycles. The van der Waals surface area contributed by atoms with Crippen molar-refractivity contribution in [1.82, 2.24) is 9.55 Å². The summed E-state index contributed by atoms with van der Waals surface area (Å²) in [4.78, 5) is 16.5. The van der Waals surface area contributed by atoms with Crippen molar-refractivity contribution in [2.45, 2.75) is 25.8 Å². The number of aromatic nitrogens is 2. The van der Waals surface area contributed by atoms with Crippen LogP contribution in [0.2, 0.25) is 0 Å². The molecule has 0 radical (unpaired) electrons. The second kappa shape index (κ2) is 4.88. The van der Waals surface area contributed by atoms with E-state index in [2.05, 4.69) is 10.3 Å². The van der Waals surface area contributed by atoms with Crippen LogP contribution in [0.15, 0.2) is 35.1 Å². The number of hydrogen-bond acceptors (Lipinski definition) is 3. The molecule has 0 aliphatic heterocycles. The van der Waals surface area contributed by atoms with Gasteiger partial charge in [0.15, 0.2) is 0 Å². The summed E-state index contributed by atoms with van der Waals surface area (Å²) >= 11 is 0. The summed E-state index contributed by atoms with van der Waals surface area (Å²) < 4.78 is 1.87. The van der Waals surface area contributed by atoms with E-state index in [9.17, 15) is 4.79 Å². The zero-order valence-electron chi connectivity index (χ0n) is 11.0. The van der Waals surface area contributed by atoms with Gasteiger partial charge in [-0.05, 0) is 37.0 Å². The number of aryl methyl sites for hydroxylation is 1.